The van der Waals surface area contributed by atoms with Crippen molar-refractivity contribution < 1.29 is 5.11 Å². The lowest BCUT2D eigenvalue weighted by Crippen LogP contribution is -2.40. The molecule has 1 aromatic rings. The molecule has 0 saturated heterocycles. The molecule has 0 radical (unpaired) electrons. The molecule has 1 atom stereocenters. The second-order valence-electron chi connectivity index (χ2n) is 5.41. The van der Waals surface area contributed by atoms with E-state index in [1.54, 1.807) is 0 Å². The molecule has 0 aromatic heterocycles. The van der Waals surface area contributed by atoms with Crippen molar-refractivity contribution in [1.29, 1.82) is 5.26 Å². The first-order valence-electron chi connectivity index (χ1n) is 6.83. The molecule has 1 unspecified atom stereocenters. The molecule has 0 fully saturated rings. The Labute approximate surface area is 109 Å². The van der Waals surface area contributed by atoms with Crippen LogP contribution in [-0.4, -0.2) is 11.2 Å². The monoisotopic (exact) mass is 243 g/mol. The van der Waals surface area contributed by atoms with Gasteiger partial charge in [0.25, 0.3) is 0 Å². The van der Waals surface area contributed by atoms with E-state index in [2.05, 4.69) is 32.0 Å². The van der Waals surface area contributed by atoms with E-state index in [0.717, 1.165) is 12.8 Å². The standard InChI is InChI=1S/C16H21NO/c1-3-12(4-2)15(18)16(11-17)9-13-7-5-6-8-14(13)10-16/h5-8,12,15,18H,3-4,9-10H2,1-2H3. The Kier molecular flexibility index (Phi) is 3.73. The highest BCUT2D eigenvalue weighted by Crippen LogP contribution is 2.42. The molecule has 1 N–H and O–H groups in total. The van der Waals surface area contributed by atoms with Gasteiger partial charge in [0, 0.05) is 0 Å². The summed E-state index contributed by atoms with van der Waals surface area (Å²) < 4.78 is 0. The Morgan fingerprint density at radius 3 is 2.11 bits per heavy atom. The van der Waals surface area contributed by atoms with Crippen LogP contribution in [0.3, 0.4) is 0 Å². The molecule has 18 heavy (non-hydrogen) atoms. The van der Waals surface area contributed by atoms with Crippen LogP contribution in [0.15, 0.2) is 24.3 Å². The van der Waals surface area contributed by atoms with Gasteiger partial charge in [-0.05, 0) is 29.9 Å². The number of fused-ring (bicyclic) bond motifs is 1. The number of hydrogen-bond acceptors (Lipinski definition) is 2. The van der Waals surface area contributed by atoms with Crippen LogP contribution in [0, 0.1) is 22.7 Å². The molecule has 1 aromatic carbocycles. The van der Waals surface area contributed by atoms with Crippen LogP contribution in [0.2, 0.25) is 0 Å². The van der Waals surface area contributed by atoms with Crippen molar-refractivity contribution in [3.63, 3.8) is 0 Å². The Morgan fingerprint density at radius 2 is 1.72 bits per heavy atom. The molecule has 2 nitrogen and oxygen atoms in total. The first kappa shape index (κ1) is 13.1. The van der Waals surface area contributed by atoms with Gasteiger partial charge >= 0.3 is 0 Å². The average molecular weight is 243 g/mol. The highest BCUT2D eigenvalue weighted by atomic mass is 16.3. The van der Waals surface area contributed by atoms with Gasteiger partial charge in [0.15, 0.2) is 0 Å². The molecule has 1 aliphatic rings. The van der Waals surface area contributed by atoms with Crippen LogP contribution in [0.5, 0.6) is 0 Å². The maximum atomic E-state index is 10.6. The second kappa shape index (κ2) is 5.12. The minimum atomic E-state index is -0.611. The predicted molar refractivity (Wildman–Crippen MR) is 72.0 cm³/mol. The van der Waals surface area contributed by atoms with Crippen molar-refractivity contribution in [2.45, 2.75) is 45.6 Å². The maximum Gasteiger partial charge on any atom is 0.0915 e. The van der Waals surface area contributed by atoms with Gasteiger partial charge in [-0.25, -0.2) is 0 Å². The summed E-state index contributed by atoms with van der Waals surface area (Å²) in [4.78, 5) is 0. The summed E-state index contributed by atoms with van der Waals surface area (Å²) in [6.45, 7) is 4.18. The molecule has 0 spiro atoms. The van der Waals surface area contributed by atoms with Crippen LogP contribution in [0.4, 0.5) is 0 Å². The smallest absolute Gasteiger partial charge is 0.0915 e. The zero-order valence-electron chi connectivity index (χ0n) is 11.2. The van der Waals surface area contributed by atoms with E-state index in [1.807, 2.05) is 12.1 Å². The van der Waals surface area contributed by atoms with Gasteiger partial charge in [-0.3, -0.25) is 0 Å². The van der Waals surface area contributed by atoms with Crippen LogP contribution in [-0.2, 0) is 12.8 Å². The van der Waals surface area contributed by atoms with Crippen molar-refractivity contribution in [2.75, 3.05) is 0 Å². The first-order chi connectivity index (χ1) is 8.66. The lowest BCUT2D eigenvalue weighted by molar-refractivity contribution is 0.0145. The zero-order chi connectivity index (χ0) is 13.2. The molecule has 0 heterocycles. The van der Waals surface area contributed by atoms with E-state index >= 15 is 0 Å². The molecule has 96 valence electrons. The molecule has 2 heteroatoms. The Bertz CT molecular complexity index is 431. The third-order valence-corrected chi connectivity index (χ3v) is 4.41. The van der Waals surface area contributed by atoms with Crippen LogP contribution < -0.4 is 0 Å². The highest BCUT2D eigenvalue weighted by molar-refractivity contribution is 5.38. The van der Waals surface area contributed by atoms with E-state index in [9.17, 15) is 10.4 Å². The van der Waals surface area contributed by atoms with Crippen molar-refractivity contribution in [3.05, 3.63) is 35.4 Å². The second-order valence-corrected chi connectivity index (χ2v) is 5.41. The fourth-order valence-electron chi connectivity index (χ4n) is 3.19. The molecule has 0 bridgehead atoms. The molecule has 0 aliphatic heterocycles. The summed E-state index contributed by atoms with van der Waals surface area (Å²) >= 11 is 0. The van der Waals surface area contributed by atoms with Crippen molar-refractivity contribution in [3.8, 4) is 6.07 Å². The van der Waals surface area contributed by atoms with E-state index in [-0.39, 0.29) is 5.92 Å². The number of benzene rings is 1. The Hall–Kier alpha value is -1.33. The quantitative estimate of drug-likeness (QED) is 0.883. The highest BCUT2D eigenvalue weighted by Gasteiger charge is 2.45. The SMILES string of the molecule is CCC(CC)C(O)C1(C#N)Cc2ccccc2C1. The zero-order valence-corrected chi connectivity index (χ0v) is 11.2. The van der Waals surface area contributed by atoms with Crippen LogP contribution >= 0.6 is 0 Å². The van der Waals surface area contributed by atoms with Gasteiger partial charge in [-0.1, -0.05) is 51.0 Å². The summed E-state index contributed by atoms with van der Waals surface area (Å²) in [5, 5.41) is 20.2. The summed E-state index contributed by atoms with van der Waals surface area (Å²) in [6, 6.07) is 10.6. The fourth-order valence-corrected chi connectivity index (χ4v) is 3.19. The Morgan fingerprint density at radius 1 is 1.22 bits per heavy atom. The fraction of sp³-hybridized carbons (Fsp3) is 0.562. The number of nitrogens with zero attached hydrogens (tertiary/aromatic N) is 1. The number of rotatable bonds is 4. The van der Waals surface area contributed by atoms with Crippen molar-refractivity contribution in [2.24, 2.45) is 11.3 Å². The minimum absolute atomic E-state index is 0.221. The molecular formula is C16H21NO. The predicted octanol–water partition coefficient (Wildman–Crippen LogP) is 3.09. The summed E-state index contributed by atoms with van der Waals surface area (Å²) in [7, 11) is 0. The lowest BCUT2D eigenvalue weighted by atomic mass is 9.73. The van der Waals surface area contributed by atoms with E-state index in [0.29, 0.717) is 12.8 Å². The van der Waals surface area contributed by atoms with Gasteiger partial charge in [0.2, 0.25) is 0 Å². The van der Waals surface area contributed by atoms with Crippen LogP contribution in [0.1, 0.15) is 37.8 Å². The van der Waals surface area contributed by atoms with E-state index < -0.39 is 11.5 Å². The van der Waals surface area contributed by atoms with Gasteiger partial charge in [0.1, 0.15) is 0 Å². The van der Waals surface area contributed by atoms with Crippen LogP contribution in [0.25, 0.3) is 0 Å². The van der Waals surface area contributed by atoms with Crippen molar-refractivity contribution in [1.82, 2.24) is 0 Å². The lowest BCUT2D eigenvalue weighted by Gasteiger charge is -2.32. The molecule has 1 aliphatic carbocycles. The number of aliphatic hydroxyl groups excluding tert-OH is 1. The number of hydrogen-bond donors (Lipinski definition) is 1. The largest absolute Gasteiger partial charge is 0.391 e. The molecule has 2 rings (SSSR count). The molecule has 0 amide bonds. The first-order valence-corrected chi connectivity index (χ1v) is 6.83. The third kappa shape index (κ3) is 2.04. The van der Waals surface area contributed by atoms with Gasteiger partial charge in [0.05, 0.1) is 17.6 Å². The molecular weight excluding hydrogens is 222 g/mol. The van der Waals surface area contributed by atoms with E-state index in [4.69, 9.17) is 0 Å². The maximum absolute atomic E-state index is 10.6. The number of aliphatic hydroxyl groups is 1. The topological polar surface area (TPSA) is 44.0 Å². The van der Waals surface area contributed by atoms with Gasteiger partial charge < -0.3 is 5.11 Å². The normalized spacial score (nSPS) is 18.4. The van der Waals surface area contributed by atoms with Crippen molar-refractivity contribution >= 4 is 0 Å². The third-order valence-electron chi connectivity index (χ3n) is 4.41. The van der Waals surface area contributed by atoms with Gasteiger partial charge in [-0.2, -0.15) is 5.26 Å². The Balaban J connectivity index is 2.29. The molecule has 0 saturated carbocycles. The minimum Gasteiger partial charge on any atom is -0.391 e. The summed E-state index contributed by atoms with van der Waals surface area (Å²) in [5.74, 6) is 0.221. The summed E-state index contributed by atoms with van der Waals surface area (Å²) in [5.41, 5.74) is 1.84. The average Bonchev–Trinajstić information content (AvgIpc) is 2.79. The number of nitriles is 1. The summed E-state index contributed by atoms with van der Waals surface area (Å²) in [6.07, 6.45) is 2.72. The van der Waals surface area contributed by atoms with Gasteiger partial charge in [-0.15, -0.1) is 0 Å². The van der Waals surface area contributed by atoms with E-state index in [1.165, 1.54) is 11.1 Å².